The van der Waals surface area contributed by atoms with Crippen LogP contribution in [0, 0.1) is 11.3 Å². The maximum absolute atomic E-state index is 12.4. The number of hydrogen-bond acceptors (Lipinski definition) is 6. The molecule has 1 heterocycles. The summed E-state index contributed by atoms with van der Waals surface area (Å²) in [5.41, 5.74) is 3.55. The summed E-state index contributed by atoms with van der Waals surface area (Å²) in [6, 6.07) is 16.2. The van der Waals surface area contributed by atoms with E-state index in [9.17, 15) is 9.59 Å². The molecule has 0 fully saturated rings. The van der Waals surface area contributed by atoms with Gasteiger partial charge in [0.1, 0.15) is 0 Å². The highest BCUT2D eigenvalue weighted by Crippen LogP contribution is 2.25. The topological polar surface area (TPSA) is 92.1 Å². The van der Waals surface area contributed by atoms with Crippen molar-refractivity contribution in [1.82, 2.24) is 4.98 Å². The van der Waals surface area contributed by atoms with E-state index in [4.69, 9.17) is 10.00 Å². The van der Waals surface area contributed by atoms with Crippen molar-refractivity contribution in [1.29, 1.82) is 5.26 Å². The lowest BCUT2D eigenvalue weighted by atomic mass is 10.1. The van der Waals surface area contributed by atoms with E-state index in [-0.39, 0.29) is 5.56 Å². The summed E-state index contributed by atoms with van der Waals surface area (Å²) in [5, 5.41) is 13.9. The van der Waals surface area contributed by atoms with Crippen molar-refractivity contribution in [3.8, 4) is 17.3 Å². The average molecular weight is 405 g/mol. The van der Waals surface area contributed by atoms with Crippen molar-refractivity contribution in [2.45, 2.75) is 26.4 Å². The van der Waals surface area contributed by atoms with Gasteiger partial charge in [0.15, 0.2) is 11.2 Å². The number of anilines is 1. The van der Waals surface area contributed by atoms with Gasteiger partial charge in [0, 0.05) is 10.9 Å². The Morgan fingerprint density at radius 3 is 2.69 bits per heavy atom. The highest BCUT2D eigenvalue weighted by Gasteiger charge is 2.20. The fourth-order valence-corrected chi connectivity index (χ4v) is 3.30. The number of nitriles is 1. The molecule has 146 valence electrons. The van der Waals surface area contributed by atoms with Gasteiger partial charge < -0.3 is 4.74 Å². The number of amides is 1. The van der Waals surface area contributed by atoms with Gasteiger partial charge in [-0.25, -0.2) is 9.78 Å². The monoisotopic (exact) mass is 405 g/mol. The van der Waals surface area contributed by atoms with Crippen LogP contribution in [0.5, 0.6) is 0 Å². The normalized spacial score (nSPS) is 11.3. The van der Waals surface area contributed by atoms with Gasteiger partial charge in [0.05, 0.1) is 22.9 Å². The third-order valence-electron chi connectivity index (χ3n) is 4.27. The molecule has 3 rings (SSSR count). The molecule has 1 aromatic heterocycles. The lowest BCUT2D eigenvalue weighted by Gasteiger charge is -2.12. The largest absolute Gasteiger partial charge is 0.449 e. The Balaban J connectivity index is 1.61. The van der Waals surface area contributed by atoms with Crippen LogP contribution in [-0.4, -0.2) is 23.0 Å². The third kappa shape index (κ3) is 5.06. The number of nitrogens with one attached hydrogen (secondary N) is 1. The molecule has 0 aliphatic carbocycles. The number of rotatable bonds is 6. The van der Waals surface area contributed by atoms with Gasteiger partial charge in [-0.05, 0) is 37.1 Å². The second-order valence-corrected chi connectivity index (χ2v) is 7.18. The number of aryl methyl sites for hydroxylation is 1. The zero-order valence-corrected chi connectivity index (χ0v) is 16.8. The standard InChI is InChI=1S/C22H19N3O3S/c1-3-15-7-9-17(10-8-15)19-13-29-22(24-19)25-20(26)14(2)28-21(27)18-6-4-5-16(11-18)12-23/h4-11,13-14H,3H2,1-2H3,(H,24,25,26)/t14-/m1/s1. The Morgan fingerprint density at radius 1 is 1.24 bits per heavy atom. The molecule has 29 heavy (non-hydrogen) atoms. The van der Waals surface area contributed by atoms with E-state index >= 15 is 0 Å². The molecule has 7 heteroatoms. The van der Waals surface area contributed by atoms with Crippen molar-refractivity contribution in [2.24, 2.45) is 0 Å². The van der Waals surface area contributed by atoms with Crippen molar-refractivity contribution in [3.05, 3.63) is 70.6 Å². The van der Waals surface area contributed by atoms with Crippen LogP contribution in [-0.2, 0) is 16.0 Å². The first-order chi connectivity index (χ1) is 14.0. The summed E-state index contributed by atoms with van der Waals surface area (Å²) >= 11 is 1.30. The molecule has 6 nitrogen and oxygen atoms in total. The molecule has 0 radical (unpaired) electrons. The molecular formula is C22H19N3O3S. The highest BCUT2D eigenvalue weighted by atomic mass is 32.1. The van der Waals surface area contributed by atoms with Gasteiger partial charge in [-0.3, -0.25) is 10.1 Å². The van der Waals surface area contributed by atoms with E-state index in [2.05, 4.69) is 29.4 Å². The maximum atomic E-state index is 12.4. The van der Waals surface area contributed by atoms with E-state index in [1.807, 2.05) is 23.6 Å². The molecule has 0 aliphatic rings. The zero-order chi connectivity index (χ0) is 20.8. The van der Waals surface area contributed by atoms with Gasteiger partial charge in [0.25, 0.3) is 5.91 Å². The second-order valence-electron chi connectivity index (χ2n) is 6.32. The van der Waals surface area contributed by atoms with Crippen LogP contribution in [0.4, 0.5) is 5.13 Å². The smallest absolute Gasteiger partial charge is 0.338 e. The molecular weight excluding hydrogens is 386 g/mol. The van der Waals surface area contributed by atoms with E-state index < -0.39 is 18.0 Å². The summed E-state index contributed by atoms with van der Waals surface area (Å²) in [5.74, 6) is -1.14. The molecule has 0 bridgehead atoms. The molecule has 1 atom stereocenters. The van der Waals surface area contributed by atoms with Gasteiger partial charge in [-0.1, -0.05) is 37.3 Å². The summed E-state index contributed by atoms with van der Waals surface area (Å²) < 4.78 is 5.20. The molecule has 1 amide bonds. The Morgan fingerprint density at radius 2 is 2.00 bits per heavy atom. The number of hydrogen-bond donors (Lipinski definition) is 1. The predicted molar refractivity (Wildman–Crippen MR) is 112 cm³/mol. The summed E-state index contributed by atoms with van der Waals surface area (Å²) in [7, 11) is 0. The van der Waals surface area contributed by atoms with Crippen LogP contribution >= 0.6 is 11.3 Å². The zero-order valence-electron chi connectivity index (χ0n) is 16.0. The van der Waals surface area contributed by atoms with Crippen molar-refractivity contribution in [2.75, 3.05) is 5.32 Å². The van der Waals surface area contributed by atoms with E-state index in [0.29, 0.717) is 10.7 Å². The molecule has 3 aromatic rings. The number of benzene rings is 2. The van der Waals surface area contributed by atoms with Gasteiger partial charge in [0.2, 0.25) is 0 Å². The predicted octanol–water partition coefficient (Wildman–Crippen LogP) is 4.43. The van der Waals surface area contributed by atoms with E-state index in [1.54, 1.807) is 12.1 Å². The Hall–Kier alpha value is -3.50. The quantitative estimate of drug-likeness (QED) is 0.613. The summed E-state index contributed by atoms with van der Waals surface area (Å²) in [6.45, 7) is 3.58. The van der Waals surface area contributed by atoms with Crippen molar-refractivity contribution in [3.63, 3.8) is 0 Å². The van der Waals surface area contributed by atoms with Gasteiger partial charge in [-0.2, -0.15) is 5.26 Å². The number of thiazole rings is 1. The first-order valence-corrected chi connectivity index (χ1v) is 9.95. The summed E-state index contributed by atoms with van der Waals surface area (Å²) in [4.78, 5) is 29.0. The van der Waals surface area contributed by atoms with Crippen LogP contribution in [0.2, 0.25) is 0 Å². The molecule has 0 aliphatic heterocycles. The number of nitrogens with zero attached hydrogens (tertiary/aromatic N) is 2. The number of aromatic nitrogens is 1. The Bertz CT molecular complexity index is 1070. The van der Waals surface area contributed by atoms with Crippen LogP contribution in [0.1, 0.15) is 35.3 Å². The van der Waals surface area contributed by atoms with Crippen molar-refractivity contribution < 1.29 is 14.3 Å². The number of carbonyl (C=O) groups is 2. The molecule has 2 aromatic carbocycles. The first-order valence-electron chi connectivity index (χ1n) is 9.07. The Kier molecular flexibility index (Phi) is 6.37. The molecule has 1 N–H and O–H groups in total. The molecule has 0 saturated carbocycles. The van der Waals surface area contributed by atoms with Crippen LogP contribution < -0.4 is 5.32 Å². The SMILES string of the molecule is CCc1ccc(-c2csc(NC(=O)[C@@H](C)OC(=O)c3cccc(C#N)c3)n2)cc1. The maximum Gasteiger partial charge on any atom is 0.338 e. The van der Waals surface area contributed by atoms with E-state index in [1.165, 1.54) is 36.0 Å². The Labute approximate surface area is 172 Å². The minimum absolute atomic E-state index is 0.218. The minimum Gasteiger partial charge on any atom is -0.449 e. The fourth-order valence-electron chi connectivity index (χ4n) is 2.58. The summed E-state index contributed by atoms with van der Waals surface area (Å²) in [6.07, 6.45) is -0.0415. The van der Waals surface area contributed by atoms with Crippen LogP contribution in [0.3, 0.4) is 0 Å². The second kappa shape index (κ2) is 9.13. The number of esters is 1. The fraction of sp³-hybridized carbons (Fsp3) is 0.182. The van der Waals surface area contributed by atoms with Crippen molar-refractivity contribution >= 4 is 28.3 Å². The highest BCUT2D eigenvalue weighted by molar-refractivity contribution is 7.14. The van der Waals surface area contributed by atoms with Gasteiger partial charge >= 0.3 is 5.97 Å². The number of ether oxygens (including phenoxy) is 1. The lowest BCUT2D eigenvalue weighted by molar-refractivity contribution is -0.123. The molecule has 0 spiro atoms. The average Bonchev–Trinajstić information content (AvgIpc) is 3.22. The van der Waals surface area contributed by atoms with Crippen LogP contribution in [0.25, 0.3) is 11.3 Å². The lowest BCUT2D eigenvalue weighted by Crippen LogP contribution is -2.30. The molecule has 0 unspecified atom stereocenters. The number of carbonyl (C=O) groups excluding carboxylic acids is 2. The van der Waals surface area contributed by atoms with Crippen LogP contribution in [0.15, 0.2) is 53.9 Å². The third-order valence-corrected chi connectivity index (χ3v) is 5.03. The van der Waals surface area contributed by atoms with E-state index in [0.717, 1.165) is 17.7 Å². The first kappa shape index (κ1) is 20.2. The van der Waals surface area contributed by atoms with Gasteiger partial charge in [-0.15, -0.1) is 11.3 Å². The molecule has 0 saturated heterocycles. The minimum atomic E-state index is -1.01.